The molecule has 2 aromatic carbocycles. The van der Waals surface area contributed by atoms with Gasteiger partial charge in [0.1, 0.15) is 0 Å². The third-order valence-electron chi connectivity index (χ3n) is 7.33. The summed E-state index contributed by atoms with van der Waals surface area (Å²) in [6, 6.07) is 14.1. The summed E-state index contributed by atoms with van der Waals surface area (Å²) in [5.74, 6) is 2.64. The van der Waals surface area contributed by atoms with Crippen LogP contribution in [0.2, 0.25) is 0 Å². The maximum atomic E-state index is 13.1. The van der Waals surface area contributed by atoms with E-state index in [-0.39, 0.29) is 23.3 Å². The number of aromatic nitrogens is 2. The Hall–Kier alpha value is -3.39. The number of nitrogens with one attached hydrogen (secondary N) is 1. The molecule has 204 valence electrons. The van der Waals surface area contributed by atoms with Crippen LogP contribution in [0.3, 0.4) is 0 Å². The number of nitrogens with zero attached hydrogens (tertiary/aromatic N) is 3. The smallest absolute Gasteiger partial charge is 0.241 e. The lowest BCUT2D eigenvalue weighted by molar-refractivity contribution is -0.127. The van der Waals surface area contributed by atoms with Crippen LogP contribution in [0, 0.1) is 5.92 Å². The van der Waals surface area contributed by atoms with Gasteiger partial charge in [0.15, 0.2) is 11.5 Å². The molecule has 0 aliphatic carbocycles. The lowest BCUT2D eigenvalue weighted by Gasteiger charge is -2.31. The maximum absolute atomic E-state index is 13.1. The Labute approximate surface area is 225 Å². The van der Waals surface area contributed by atoms with Crippen molar-refractivity contribution in [1.29, 1.82) is 0 Å². The molecule has 2 heterocycles. The fourth-order valence-electron chi connectivity index (χ4n) is 4.88. The van der Waals surface area contributed by atoms with Gasteiger partial charge < -0.3 is 19.3 Å². The van der Waals surface area contributed by atoms with E-state index >= 15 is 0 Å². The minimum atomic E-state index is -0.0744. The number of hydrogen-bond acceptors (Lipinski definition) is 7. The van der Waals surface area contributed by atoms with Gasteiger partial charge in [-0.3, -0.25) is 9.69 Å². The van der Waals surface area contributed by atoms with Crippen molar-refractivity contribution in [2.24, 2.45) is 5.92 Å². The van der Waals surface area contributed by atoms with Crippen LogP contribution in [0.25, 0.3) is 11.4 Å². The summed E-state index contributed by atoms with van der Waals surface area (Å²) in [5, 5.41) is 7.43. The van der Waals surface area contributed by atoms with Gasteiger partial charge in [0.2, 0.25) is 17.6 Å². The summed E-state index contributed by atoms with van der Waals surface area (Å²) in [6.45, 7) is 10.9. The highest BCUT2D eigenvalue weighted by Crippen LogP contribution is 2.31. The third kappa shape index (κ3) is 6.54. The Morgan fingerprint density at radius 1 is 1.08 bits per heavy atom. The summed E-state index contributed by atoms with van der Waals surface area (Å²) in [7, 11) is 3.24. The standard InChI is InChI=1S/C30H40N4O4/c1-7-24(22-10-13-25(36-5)26(18-22)37-6)31-29(35)21-14-16-34(17-15-21)19-27-32-28(33-38-27)20-8-11-23(12-9-20)30(2,3)4/h8-13,18,21,24H,7,14-17,19H2,1-6H3,(H,31,35). The van der Waals surface area contributed by atoms with Gasteiger partial charge >= 0.3 is 0 Å². The van der Waals surface area contributed by atoms with Gasteiger partial charge in [-0.2, -0.15) is 4.98 Å². The zero-order chi connectivity index (χ0) is 27.3. The summed E-state index contributed by atoms with van der Waals surface area (Å²) in [6.07, 6.45) is 2.38. The first-order chi connectivity index (χ1) is 18.2. The predicted molar refractivity (Wildman–Crippen MR) is 147 cm³/mol. The number of rotatable bonds is 9. The molecule has 1 aromatic heterocycles. The lowest BCUT2D eigenvalue weighted by Crippen LogP contribution is -2.41. The number of benzene rings is 2. The van der Waals surface area contributed by atoms with Gasteiger partial charge in [-0.05, 0) is 61.0 Å². The van der Waals surface area contributed by atoms with Crippen molar-refractivity contribution in [3.8, 4) is 22.9 Å². The molecule has 1 fully saturated rings. The van der Waals surface area contributed by atoms with E-state index in [0.717, 1.165) is 43.5 Å². The zero-order valence-corrected chi connectivity index (χ0v) is 23.4. The van der Waals surface area contributed by atoms with Crippen LogP contribution in [0.15, 0.2) is 47.0 Å². The van der Waals surface area contributed by atoms with Gasteiger partial charge in [-0.1, -0.05) is 63.2 Å². The second kappa shape index (κ2) is 12.0. The minimum Gasteiger partial charge on any atom is -0.493 e. The number of ether oxygens (including phenoxy) is 2. The monoisotopic (exact) mass is 520 g/mol. The molecule has 0 spiro atoms. The van der Waals surface area contributed by atoms with Crippen molar-refractivity contribution in [2.45, 2.75) is 65.0 Å². The molecule has 1 saturated heterocycles. The molecule has 4 rings (SSSR count). The fourth-order valence-corrected chi connectivity index (χ4v) is 4.88. The van der Waals surface area contributed by atoms with Crippen LogP contribution >= 0.6 is 0 Å². The Morgan fingerprint density at radius 2 is 1.76 bits per heavy atom. The van der Waals surface area contributed by atoms with Crippen molar-refractivity contribution >= 4 is 5.91 Å². The highest BCUT2D eigenvalue weighted by Gasteiger charge is 2.28. The second-order valence-corrected chi connectivity index (χ2v) is 11.0. The van der Waals surface area contributed by atoms with E-state index in [2.05, 4.69) is 60.2 Å². The van der Waals surface area contributed by atoms with E-state index in [0.29, 0.717) is 29.8 Å². The Morgan fingerprint density at radius 3 is 2.37 bits per heavy atom. The van der Waals surface area contributed by atoms with E-state index < -0.39 is 0 Å². The van der Waals surface area contributed by atoms with E-state index in [1.807, 2.05) is 30.3 Å². The normalized spacial score (nSPS) is 15.7. The minimum absolute atomic E-state index is 0.0139. The predicted octanol–water partition coefficient (Wildman–Crippen LogP) is 5.53. The van der Waals surface area contributed by atoms with E-state index in [9.17, 15) is 4.79 Å². The van der Waals surface area contributed by atoms with Crippen molar-refractivity contribution in [3.63, 3.8) is 0 Å². The van der Waals surface area contributed by atoms with E-state index in [1.165, 1.54) is 5.56 Å². The molecule has 1 unspecified atom stereocenters. The van der Waals surface area contributed by atoms with Gasteiger partial charge in [0, 0.05) is 11.5 Å². The topological polar surface area (TPSA) is 89.7 Å². The molecule has 1 atom stereocenters. The second-order valence-electron chi connectivity index (χ2n) is 11.0. The lowest BCUT2D eigenvalue weighted by atomic mass is 9.87. The Balaban J connectivity index is 1.29. The van der Waals surface area contributed by atoms with Crippen molar-refractivity contribution in [3.05, 3.63) is 59.5 Å². The molecule has 8 heteroatoms. The highest BCUT2D eigenvalue weighted by molar-refractivity contribution is 5.79. The van der Waals surface area contributed by atoms with Crippen LogP contribution in [0.4, 0.5) is 0 Å². The first kappa shape index (κ1) is 27.6. The number of likely N-dealkylation sites (tertiary alicyclic amines) is 1. The van der Waals surface area contributed by atoms with Gasteiger partial charge in [-0.25, -0.2) is 0 Å². The zero-order valence-electron chi connectivity index (χ0n) is 23.4. The average molecular weight is 521 g/mol. The molecule has 0 bridgehead atoms. The average Bonchev–Trinajstić information content (AvgIpc) is 3.39. The SMILES string of the molecule is CCC(NC(=O)C1CCN(Cc2nc(-c3ccc(C(C)(C)C)cc3)no2)CC1)c1ccc(OC)c(OC)c1. The molecule has 0 saturated carbocycles. The maximum Gasteiger partial charge on any atom is 0.241 e. The van der Waals surface area contributed by atoms with E-state index in [4.69, 9.17) is 14.0 Å². The van der Waals surface area contributed by atoms with Crippen molar-refractivity contribution in [2.75, 3.05) is 27.3 Å². The molecule has 1 aliphatic rings. The van der Waals surface area contributed by atoms with Crippen LogP contribution in [0.1, 0.15) is 70.0 Å². The number of amides is 1. The molecule has 1 aliphatic heterocycles. The highest BCUT2D eigenvalue weighted by atomic mass is 16.5. The number of piperidine rings is 1. The first-order valence-electron chi connectivity index (χ1n) is 13.4. The largest absolute Gasteiger partial charge is 0.493 e. The van der Waals surface area contributed by atoms with Crippen LogP contribution in [-0.2, 0) is 16.8 Å². The summed E-state index contributed by atoms with van der Waals surface area (Å²) < 4.78 is 16.3. The number of methoxy groups -OCH3 is 2. The number of carbonyl (C=O) groups excluding carboxylic acids is 1. The number of hydrogen-bond donors (Lipinski definition) is 1. The van der Waals surface area contributed by atoms with Gasteiger partial charge in [0.25, 0.3) is 0 Å². The quantitative estimate of drug-likeness (QED) is 0.397. The van der Waals surface area contributed by atoms with Gasteiger partial charge in [-0.15, -0.1) is 0 Å². The summed E-state index contributed by atoms with van der Waals surface area (Å²) in [5.41, 5.74) is 3.33. The van der Waals surface area contributed by atoms with Crippen molar-refractivity contribution < 1.29 is 18.8 Å². The van der Waals surface area contributed by atoms with E-state index in [1.54, 1.807) is 14.2 Å². The Kier molecular flexibility index (Phi) is 8.72. The van der Waals surface area contributed by atoms with Crippen LogP contribution in [-0.4, -0.2) is 48.3 Å². The molecular weight excluding hydrogens is 480 g/mol. The third-order valence-corrected chi connectivity index (χ3v) is 7.33. The Bertz CT molecular complexity index is 1210. The molecular formula is C30H40N4O4. The fraction of sp³-hybridized carbons (Fsp3) is 0.500. The molecule has 8 nitrogen and oxygen atoms in total. The molecule has 38 heavy (non-hydrogen) atoms. The first-order valence-corrected chi connectivity index (χ1v) is 13.4. The summed E-state index contributed by atoms with van der Waals surface area (Å²) >= 11 is 0. The molecule has 3 aromatic rings. The molecule has 1 amide bonds. The van der Waals surface area contributed by atoms with Gasteiger partial charge in [0.05, 0.1) is 26.8 Å². The van der Waals surface area contributed by atoms with Crippen molar-refractivity contribution in [1.82, 2.24) is 20.4 Å². The number of carbonyl (C=O) groups is 1. The van der Waals surface area contributed by atoms with Crippen LogP contribution in [0.5, 0.6) is 11.5 Å². The molecule has 0 radical (unpaired) electrons. The van der Waals surface area contributed by atoms with Crippen LogP contribution < -0.4 is 14.8 Å². The summed E-state index contributed by atoms with van der Waals surface area (Å²) in [4.78, 5) is 20.0. The molecule has 1 N–H and O–H groups in total.